The van der Waals surface area contributed by atoms with Gasteiger partial charge in [0.25, 0.3) is 5.56 Å². The summed E-state index contributed by atoms with van der Waals surface area (Å²) in [6, 6.07) is 3.03. The summed E-state index contributed by atoms with van der Waals surface area (Å²) in [4.78, 5) is 17.7. The summed E-state index contributed by atoms with van der Waals surface area (Å²) in [5, 5.41) is 10.9. The Morgan fingerprint density at radius 3 is 2.80 bits per heavy atom. The summed E-state index contributed by atoms with van der Waals surface area (Å²) in [6.45, 7) is 10.6. The molecule has 0 radical (unpaired) electrons. The van der Waals surface area contributed by atoms with Crippen LogP contribution in [0.2, 0.25) is 25.7 Å². The van der Waals surface area contributed by atoms with Crippen LogP contribution in [0, 0.1) is 0 Å². The van der Waals surface area contributed by atoms with Gasteiger partial charge in [-0.3, -0.25) is 4.79 Å². The Balaban J connectivity index is 1.52. The topological polar surface area (TPSA) is 79.8 Å². The Kier molecular flexibility index (Phi) is 5.65. The number of ether oxygens (including phenoxy) is 1. The van der Waals surface area contributed by atoms with Gasteiger partial charge in [0.05, 0.1) is 28.1 Å². The monoisotopic (exact) mass is 444 g/mol. The van der Waals surface area contributed by atoms with E-state index in [4.69, 9.17) is 4.74 Å². The van der Waals surface area contributed by atoms with Crippen molar-refractivity contribution in [3.05, 3.63) is 39.5 Å². The summed E-state index contributed by atoms with van der Waals surface area (Å²) >= 11 is 1.63. The van der Waals surface area contributed by atoms with Crippen molar-refractivity contribution in [3.63, 3.8) is 0 Å². The van der Waals surface area contributed by atoms with Gasteiger partial charge in [-0.15, -0.1) is 11.3 Å². The third kappa shape index (κ3) is 4.12. The predicted octanol–water partition coefficient (Wildman–Crippen LogP) is 3.46. The number of aryl methyl sites for hydroxylation is 2. The second-order valence-corrected chi connectivity index (χ2v) is 15.4. The van der Waals surface area contributed by atoms with E-state index in [-0.39, 0.29) is 5.56 Å². The number of hydrogen-bond acceptors (Lipinski definition) is 6. The number of hydrogen-bond donors (Lipinski definition) is 0. The van der Waals surface area contributed by atoms with Crippen LogP contribution in [-0.2, 0) is 31.5 Å². The summed E-state index contributed by atoms with van der Waals surface area (Å²) < 4.78 is 11.9. The van der Waals surface area contributed by atoms with Crippen molar-refractivity contribution in [1.82, 2.24) is 29.1 Å². The molecule has 0 N–H and O–H groups in total. The molecule has 0 atom stereocenters. The molecule has 0 bridgehead atoms. The van der Waals surface area contributed by atoms with E-state index in [2.05, 4.69) is 41.7 Å². The molecule has 30 heavy (non-hydrogen) atoms. The van der Waals surface area contributed by atoms with Gasteiger partial charge in [0.2, 0.25) is 0 Å². The van der Waals surface area contributed by atoms with Gasteiger partial charge in [-0.25, -0.2) is 14.3 Å². The minimum Gasteiger partial charge on any atom is -0.360 e. The maximum absolute atomic E-state index is 13.1. The molecule has 4 aromatic heterocycles. The van der Waals surface area contributed by atoms with Gasteiger partial charge in [0, 0.05) is 33.3 Å². The second-order valence-electron chi connectivity index (χ2n) is 8.74. The lowest BCUT2D eigenvalue weighted by Gasteiger charge is -2.15. The van der Waals surface area contributed by atoms with Crippen LogP contribution < -0.4 is 5.56 Å². The molecular weight excluding hydrogens is 416 g/mol. The average Bonchev–Trinajstić information content (AvgIpc) is 3.37. The quantitative estimate of drug-likeness (QED) is 0.307. The summed E-state index contributed by atoms with van der Waals surface area (Å²) in [7, 11) is 0.797. The zero-order chi connectivity index (χ0) is 21.5. The van der Waals surface area contributed by atoms with Crippen LogP contribution in [0.1, 0.15) is 17.6 Å². The molecule has 0 spiro atoms. The normalized spacial score (nSPS) is 12.4. The van der Waals surface area contributed by atoms with Gasteiger partial charge in [-0.2, -0.15) is 10.2 Å². The van der Waals surface area contributed by atoms with Crippen molar-refractivity contribution in [2.45, 2.75) is 52.3 Å². The highest BCUT2D eigenvalue weighted by Gasteiger charge is 2.18. The summed E-state index contributed by atoms with van der Waals surface area (Å²) in [6.07, 6.45) is 4.53. The van der Waals surface area contributed by atoms with Crippen molar-refractivity contribution in [1.29, 1.82) is 0 Å². The molecule has 160 valence electrons. The lowest BCUT2D eigenvalue weighted by atomic mass is 10.3. The zero-order valence-corrected chi connectivity index (χ0v) is 20.0. The van der Waals surface area contributed by atoms with Gasteiger partial charge in [-0.05, 0) is 18.5 Å². The molecule has 4 heterocycles. The number of fused-ring (bicyclic) bond motifs is 3. The van der Waals surface area contributed by atoms with Crippen molar-refractivity contribution >= 4 is 40.7 Å². The van der Waals surface area contributed by atoms with Crippen LogP contribution >= 0.6 is 11.3 Å². The Hall–Kier alpha value is -2.30. The lowest BCUT2D eigenvalue weighted by Crippen LogP contribution is -2.25. The van der Waals surface area contributed by atoms with E-state index >= 15 is 0 Å². The van der Waals surface area contributed by atoms with Gasteiger partial charge in [-0.1, -0.05) is 26.6 Å². The van der Waals surface area contributed by atoms with Gasteiger partial charge in [0.15, 0.2) is 5.65 Å². The van der Waals surface area contributed by atoms with E-state index in [9.17, 15) is 4.79 Å². The highest BCUT2D eigenvalue weighted by molar-refractivity contribution is 7.19. The molecule has 0 saturated carbocycles. The molecule has 0 saturated heterocycles. The standard InChI is InChI=1S/C20H28N6O2SSi/c1-6-16-22-19-18(29-16)15-11-21-26(20(27)17(15)24(19)2)12-14-7-8-25(23-14)13-28-9-10-30(3,4)5/h7-8,11H,6,9-10,12-13H2,1-5H3. The van der Waals surface area contributed by atoms with Crippen molar-refractivity contribution in [3.8, 4) is 0 Å². The highest BCUT2D eigenvalue weighted by Crippen LogP contribution is 2.30. The third-order valence-electron chi connectivity index (χ3n) is 5.10. The second kappa shape index (κ2) is 8.08. The van der Waals surface area contributed by atoms with Crippen LogP contribution in [0.4, 0.5) is 0 Å². The van der Waals surface area contributed by atoms with E-state index < -0.39 is 8.07 Å². The Bertz CT molecular complexity index is 1250. The van der Waals surface area contributed by atoms with Gasteiger partial charge < -0.3 is 9.30 Å². The van der Waals surface area contributed by atoms with Crippen LogP contribution in [0.5, 0.6) is 0 Å². The Morgan fingerprint density at radius 2 is 2.07 bits per heavy atom. The molecule has 0 aromatic carbocycles. The van der Waals surface area contributed by atoms with E-state index in [1.807, 2.05) is 23.9 Å². The van der Waals surface area contributed by atoms with Crippen molar-refractivity contribution < 1.29 is 4.74 Å². The van der Waals surface area contributed by atoms with Crippen LogP contribution in [0.3, 0.4) is 0 Å². The number of rotatable bonds is 8. The summed E-state index contributed by atoms with van der Waals surface area (Å²) in [5.74, 6) is 0. The molecule has 0 unspecified atom stereocenters. The number of thiazole rings is 1. The third-order valence-corrected chi connectivity index (χ3v) is 8.03. The lowest BCUT2D eigenvalue weighted by molar-refractivity contribution is 0.0782. The zero-order valence-electron chi connectivity index (χ0n) is 18.2. The van der Waals surface area contributed by atoms with E-state index in [1.54, 1.807) is 22.2 Å². The molecular formula is C20H28N6O2SSi. The average molecular weight is 445 g/mol. The van der Waals surface area contributed by atoms with Gasteiger partial charge >= 0.3 is 0 Å². The first kappa shape index (κ1) is 20.9. The fourth-order valence-corrected chi connectivity index (χ4v) is 5.15. The molecule has 8 nitrogen and oxygen atoms in total. The van der Waals surface area contributed by atoms with Crippen molar-refractivity contribution in [2.75, 3.05) is 6.61 Å². The van der Waals surface area contributed by atoms with Crippen LogP contribution in [-0.4, -0.2) is 43.8 Å². The minimum absolute atomic E-state index is 0.126. The first-order valence-electron chi connectivity index (χ1n) is 10.2. The smallest absolute Gasteiger partial charge is 0.291 e. The SMILES string of the molecule is CCc1nc2c(s1)c1cnn(Cc3ccn(COCC[Si](C)(C)C)n3)c(=O)c1n2C. The van der Waals surface area contributed by atoms with E-state index in [0.717, 1.165) is 45.5 Å². The maximum atomic E-state index is 13.1. The number of nitrogens with zero attached hydrogens (tertiary/aromatic N) is 6. The van der Waals surface area contributed by atoms with Gasteiger partial charge in [0.1, 0.15) is 12.2 Å². The fraction of sp³-hybridized carbons (Fsp3) is 0.500. The van der Waals surface area contributed by atoms with Crippen LogP contribution in [0.15, 0.2) is 23.3 Å². The molecule has 0 aliphatic carbocycles. The molecule has 0 amide bonds. The minimum atomic E-state index is -1.09. The molecule has 0 fully saturated rings. The fourth-order valence-electron chi connectivity index (χ4n) is 3.35. The molecule has 0 aliphatic heterocycles. The molecule has 0 aliphatic rings. The van der Waals surface area contributed by atoms with Crippen LogP contribution in [0.25, 0.3) is 21.3 Å². The largest absolute Gasteiger partial charge is 0.360 e. The van der Waals surface area contributed by atoms with Crippen molar-refractivity contribution in [2.24, 2.45) is 7.05 Å². The Labute approximate surface area is 180 Å². The van der Waals surface area contributed by atoms with E-state index in [1.165, 1.54) is 4.68 Å². The van der Waals surface area contributed by atoms with E-state index in [0.29, 0.717) is 18.8 Å². The molecule has 4 aromatic rings. The molecule has 10 heteroatoms. The maximum Gasteiger partial charge on any atom is 0.291 e. The molecule has 4 rings (SSSR count). The summed E-state index contributed by atoms with van der Waals surface area (Å²) in [5.41, 5.74) is 2.14. The number of aromatic nitrogens is 6. The Morgan fingerprint density at radius 1 is 1.27 bits per heavy atom. The predicted molar refractivity (Wildman–Crippen MR) is 123 cm³/mol. The highest BCUT2D eigenvalue weighted by atomic mass is 32.1. The first-order chi connectivity index (χ1) is 14.3. The first-order valence-corrected chi connectivity index (χ1v) is 14.7.